The quantitative estimate of drug-likeness (QED) is 0.480. The number of anilines is 3. The van der Waals surface area contributed by atoms with Gasteiger partial charge in [-0.05, 0) is 23.1 Å². The third kappa shape index (κ3) is 3.53. The molecular weight excluding hydrogens is 328 g/mol. The fourth-order valence-corrected chi connectivity index (χ4v) is 2.62. The highest BCUT2D eigenvalue weighted by Crippen LogP contribution is 2.26. The highest BCUT2D eigenvalue weighted by Gasteiger charge is 2.22. The first kappa shape index (κ1) is 16.7. The first-order valence-electron chi connectivity index (χ1n) is 7.67. The van der Waals surface area contributed by atoms with Gasteiger partial charge in [-0.2, -0.15) is 4.68 Å². The van der Waals surface area contributed by atoms with Gasteiger partial charge in [-0.15, -0.1) is 0 Å². The molecule has 0 bridgehead atoms. The summed E-state index contributed by atoms with van der Waals surface area (Å²) < 4.78 is 6.48. The van der Waals surface area contributed by atoms with Crippen molar-refractivity contribution in [1.82, 2.24) is 9.78 Å². The van der Waals surface area contributed by atoms with Crippen LogP contribution in [0.4, 0.5) is 22.9 Å². The third-order valence-corrected chi connectivity index (χ3v) is 3.95. The van der Waals surface area contributed by atoms with Crippen LogP contribution in [0, 0.1) is 10.1 Å². The summed E-state index contributed by atoms with van der Waals surface area (Å²) in [6.45, 7) is 2.89. The Morgan fingerprint density at radius 1 is 1.36 bits per heavy atom. The summed E-state index contributed by atoms with van der Waals surface area (Å²) in [6, 6.07) is 6.48. The highest BCUT2D eigenvalue weighted by molar-refractivity contribution is 6.05. The molecule has 132 valence electrons. The van der Waals surface area contributed by atoms with Crippen LogP contribution >= 0.6 is 0 Å². The molecule has 1 amide bonds. The number of nitrogen functional groups attached to an aromatic ring is 1. The Morgan fingerprint density at radius 3 is 2.68 bits per heavy atom. The molecule has 1 saturated heterocycles. The van der Waals surface area contributed by atoms with Gasteiger partial charge in [0.05, 0.1) is 42.8 Å². The van der Waals surface area contributed by atoms with Crippen LogP contribution in [0.15, 0.2) is 24.3 Å². The molecule has 0 radical (unpaired) electrons. The van der Waals surface area contributed by atoms with E-state index in [-0.39, 0.29) is 11.5 Å². The highest BCUT2D eigenvalue weighted by atomic mass is 16.6. The van der Waals surface area contributed by atoms with Gasteiger partial charge in [-0.25, -0.2) is 0 Å². The van der Waals surface area contributed by atoms with Gasteiger partial charge in [0, 0.05) is 18.8 Å². The zero-order chi connectivity index (χ0) is 18.0. The van der Waals surface area contributed by atoms with Gasteiger partial charge in [0.25, 0.3) is 5.91 Å². The Balaban J connectivity index is 1.76. The summed E-state index contributed by atoms with van der Waals surface area (Å²) in [5, 5.41) is 17.1. The van der Waals surface area contributed by atoms with E-state index < -0.39 is 10.8 Å². The van der Waals surface area contributed by atoms with Crippen LogP contribution in [0.1, 0.15) is 10.5 Å². The number of aromatic nitrogens is 2. The van der Waals surface area contributed by atoms with Crippen molar-refractivity contribution in [1.29, 1.82) is 0 Å². The van der Waals surface area contributed by atoms with E-state index in [0.29, 0.717) is 24.6 Å². The van der Waals surface area contributed by atoms with E-state index in [4.69, 9.17) is 10.5 Å². The molecule has 25 heavy (non-hydrogen) atoms. The zero-order valence-electron chi connectivity index (χ0n) is 13.6. The number of hydrogen-bond acceptors (Lipinski definition) is 7. The van der Waals surface area contributed by atoms with Gasteiger partial charge >= 0.3 is 5.82 Å². The average molecular weight is 346 g/mol. The Bertz CT molecular complexity index is 812. The fraction of sp³-hybridized carbons (Fsp3) is 0.333. The number of nitrogens with two attached hydrogens (primary N) is 1. The van der Waals surface area contributed by atoms with E-state index in [0.717, 1.165) is 29.5 Å². The number of benzene rings is 1. The second-order valence-corrected chi connectivity index (χ2v) is 5.59. The Morgan fingerprint density at radius 2 is 2.08 bits per heavy atom. The largest absolute Gasteiger partial charge is 0.397 e. The minimum absolute atomic E-state index is 0.0726. The van der Waals surface area contributed by atoms with E-state index in [9.17, 15) is 14.9 Å². The van der Waals surface area contributed by atoms with E-state index in [1.54, 1.807) is 12.1 Å². The number of morpholine rings is 1. The van der Waals surface area contributed by atoms with Gasteiger partial charge in [0.15, 0.2) is 5.69 Å². The van der Waals surface area contributed by atoms with Crippen LogP contribution < -0.4 is 16.0 Å². The van der Waals surface area contributed by atoms with E-state index in [1.807, 2.05) is 6.07 Å². The number of nitro groups is 1. The normalized spacial score (nSPS) is 14.4. The van der Waals surface area contributed by atoms with Crippen LogP contribution in [0.3, 0.4) is 0 Å². The second kappa shape index (κ2) is 6.77. The van der Waals surface area contributed by atoms with Crippen LogP contribution in [0.5, 0.6) is 0 Å². The summed E-state index contributed by atoms with van der Waals surface area (Å²) in [6.07, 6.45) is 0. The lowest BCUT2D eigenvalue weighted by Crippen LogP contribution is -2.36. The standard InChI is InChI=1S/C15H18N6O4/c1-19-13(9-14(18-19)21(23)24)15(22)17-12-3-2-10(8-11(12)16)20-4-6-25-7-5-20/h2-3,8-9H,4-7,16H2,1H3,(H,17,22). The molecule has 3 N–H and O–H groups in total. The molecule has 2 heterocycles. The topological polar surface area (TPSA) is 129 Å². The van der Waals surface area contributed by atoms with Crippen molar-refractivity contribution in [3.05, 3.63) is 40.1 Å². The first-order valence-corrected chi connectivity index (χ1v) is 7.67. The van der Waals surface area contributed by atoms with Crippen molar-refractivity contribution in [3.8, 4) is 0 Å². The van der Waals surface area contributed by atoms with E-state index in [1.165, 1.54) is 7.05 Å². The van der Waals surface area contributed by atoms with Crippen LogP contribution in [0.2, 0.25) is 0 Å². The summed E-state index contributed by atoms with van der Waals surface area (Å²) >= 11 is 0. The van der Waals surface area contributed by atoms with Crippen molar-refractivity contribution in [2.45, 2.75) is 0 Å². The number of nitrogens with one attached hydrogen (secondary N) is 1. The maximum Gasteiger partial charge on any atom is 0.390 e. The Kier molecular flexibility index (Phi) is 4.52. The molecule has 1 fully saturated rings. The number of hydrogen-bond donors (Lipinski definition) is 2. The third-order valence-electron chi connectivity index (χ3n) is 3.95. The average Bonchev–Trinajstić information content (AvgIpc) is 3.00. The summed E-state index contributed by atoms with van der Waals surface area (Å²) in [5.41, 5.74) is 7.92. The molecular formula is C15H18N6O4. The molecule has 0 unspecified atom stereocenters. The molecule has 0 atom stereocenters. The number of carbonyl (C=O) groups is 1. The maximum atomic E-state index is 12.3. The van der Waals surface area contributed by atoms with Crippen molar-refractivity contribution >= 4 is 28.8 Å². The smallest absolute Gasteiger partial charge is 0.390 e. The monoisotopic (exact) mass is 346 g/mol. The predicted molar refractivity (Wildman–Crippen MR) is 91.7 cm³/mol. The van der Waals surface area contributed by atoms with Gasteiger partial charge in [-0.3, -0.25) is 4.79 Å². The van der Waals surface area contributed by atoms with Gasteiger partial charge in [-0.1, -0.05) is 0 Å². The van der Waals surface area contributed by atoms with Crippen molar-refractivity contribution in [2.24, 2.45) is 7.05 Å². The molecule has 1 aromatic heterocycles. The van der Waals surface area contributed by atoms with Crippen molar-refractivity contribution in [3.63, 3.8) is 0 Å². The van der Waals surface area contributed by atoms with E-state index >= 15 is 0 Å². The molecule has 10 nitrogen and oxygen atoms in total. The lowest BCUT2D eigenvalue weighted by molar-refractivity contribution is -0.389. The summed E-state index contributed by atoms with van der Waals surface area (Å²) in [5.74, 6) is -0.905. The molecule has 0 spiro atoms. The number of aryl methyl sites for hydroxylation is 1. The molecule has 10 heteroatoms. The molecule has 3 rings (SSSR count). The molecule has 1 aliphatic rings. The molecule has 0 aliphatic carbocycles. The summed E-state index contributed by atoms with van der Waals surface area (Å²) in [4.78, 5) is 24.6. The minimum atomic E-state index is -0.651. The second-order valence-electron chi connectivity index (χ2n) is 5.59. The molecule has 1 aliphatic heterocycles. The number of ether oxygens (including phenoxy) is 1. The number of rotatable bonds is 4. The number of nitrogens with zero attached hydrogens (tertiary/aromatic N) is 4. The first-order chi connectivity index (χ1) is 12.0. The minimum Gasteiger partial charge on any atom is -0.397 e. The van der Waals surface area contributed by atoms with Crippen molar-refractivity contribution < 1.29 is 14.5 Å². The molecule has 0 saturated carbocycles. The predicted octanol–water partition coefficient (Wildman–Crippen LogP) is 0.999. The molecule has 2 aromatic rings. The Hall–Kier alpha value is -3.14. The summed E-state index contributed by atoms with van der Waals surface area (Å²) in [7, 11) is 1.47. The lowest BCUT2D eigenvalue weighted by atomic mass is 10.2. The number of amides is 1. The van der Waals surface area contributed by atoms with Crippen molar-refractivity contribution in [2.75, 3.05) is 42.3 Å². The van der Waals surface area contributed by atoms with Crippen LogP contribution in [-0.2, 0) is 11.8 Å². The molecule has 1 aromatic carbocycles. The van der Waals surface area contributed by atoms with Crippen LogP contribution in [0.25, 0.3) is 0 Å². The number of carbonyl (C=O) groups excluding carboxylic acids is 1. The van der Waals surface area contributed by atoms with Gasteiger partial charge in [0.2, 0.25) is 0 Å². The van der Waals surface area contributed by atoms with Gasteiger partial charge in [0.1, 0.15) is 0 Å². The van der Waals surface area contributed by atoms with Gasteiger partial charge < -0.3 is 30.8 Å². The van der Waals surface area contributed by atoms with E-state index in [2.05, 4.69) is 15.3 Å². The Labute approximate surface area is 143 Å². The fourth-order valence-electron chi connectivity index (χ4n) is 2.62. The lowest BCUT2D eigenvalue weighted by Gasteiger charge is -2.29. The maximum absolute atomic E-state index is 12.3. The SMILES string of the molecule is Cn1nc([N+](=O)[O-])cc1C(=O)Nc1ccc(N2CCOCC2)cc1N. The zero-order valence-corrected chi connectivity index (χ0v) is 13.6. The van der Waals surface area contributed by atoms with Crippen LogP contribution in [-0.4, -0.2) is 46.9 Å².